The second kappa shape index (κ2) is 73.6. The van der Waals surface area contributed by atoms with Gasteiger partial charge in [0, 0.05) is 25.7 Å². The van der Waals surface area contributed by atoms with E-state index in [1.165, 1.54) is 244 Å². The molecule has 0 heterocycles. The van der Waals surface area contributed by atoms with Crippen molar-refractivity contribution in [2.45, 2.75) is 452 Å². The lowest BCUT2D eigenvalue weighted by atomic mass is 10.0. The van der Waals surface area contributed by atoms with Crippen LogP contribution in [-0.4, -0.2) is 96.7 Å². The van der Waals surface area contributed by atoms with Gasteiger partial charge in [-0.25, -0.2) is 9.13 Å². The molecule has 0 aromatic rings. The van der Waals surface area contributed by atoms with Crippen LogP contribution >= 0.6 is 15.6 Å². The summed E-state index contributed by atoms with van der Waals surface area (Å²) in [7, 11) is -9.92. The summed E-state index contributed by atoms with van der Waals surface area (Å²) in [6, 6.07) is 0. The first-order valence-corrected chi connectivity index (χ1v) is 45.5. The molecule has 101 heavy (non-hydrogen) atoms. The summed E-state index contributed by atoms with van der Waals surface area (Å²) < 4.78 is 68.7. The molecule has 0 aliphatic heterocycles. The summed E-state index contributed by atoms with van der Waals surface area (Å²) in [5.74, 6) is -0.593. The van der Waals surface area contributed by atoms with Crippen LogP contribution in [0.4, 0.5) is 0 Å². The van der Waals surface area contributed by atoms with E-state index in [4.69, 9.17) is 37.0 Å². The van der Waals surface area contributed by atoms with Crippen LogP contribution in [0.3, 0.4) is 0 Å². The highest BCUT2D eigenvalue weighted by Gasteiger charge is 2.30. The van der Waals surface area contributed by atoms with Gasteiger partial charge in [-0.1, -0.05) is 382 Å². The zero-order valence-electron chi connectivity index (χ0n) is 66.2. The number of phosphoric acid groups is 2. The van der Waals surface area contributed by atoms with Crippen LogP contribution in [0.2, 0.25) is 0 Å². The van der Waals surface area contributed by atoms with Crippen LogP contribution in [0.1, 0.15) is 433 Å². The molecule has 0 rings (SSSR count). The predicted octanol–water partition coefficient (Wildman–Crippen LogP) is 24.7. The molecule has 0 aliphatic rings. The van der Waals surface area contributed by atoms with Crippen molar-refractivity contribution in [2.24, 2.45) is 11.8 Å². The van der Waals surface area contributed by atoms with E-state index in [1.54, 1.807) is 0 Å². The molecule has 17 nitrogen and oxygen atoms in total. The SMILES string of the molecule is CCCCCCCCCCCCCCCCCCCCCC(=O)OC[C@H](COP(=O)(O)OC[C@@H](O)COP(=O)(O)OC[C@@H](COC(=O)CCCCCCCCCC(C)C)OC(=O)CCCCCCCCCCCCCCC)OC(=O)CCCCCCCCCCCCCCCCCCC(C)C. The first-order chi connectivity index (χ1) is 48.9. The molecule has 0 aromatic carbocycles. The lowest BCUT2D eigenvalue weighted by Gasteiger charge is -2.21. The van der Waals surface area contributed by atoms with Gasteiger partial charge in [0.2, 0.25) is 0 Å². The van der Waals surface area contributed by atoms with Crippen molar-refractivity contribution in [3.63, 3.8) is 0 Å². The number of hydrogen-bond donors (Lipinski definition) is 3. The summed E-state index contributed by atoms with van der Waals surface area (Å²) >= 11 is 0. The summed E-state index contributed by atoms with van der Waals surface area (Å²) in [5.41, 5.74) is 0. The maximum atomic E-state index is 13.1. The summed E-state index contributed by atoms with van der Waals surface area (Å²) in [4.78, 5) is 73.0. The van der Waals surface area contributed by atoms with Crippen LogP contribution < -0.4 is 0 Å². The van der Waals surface area contributed by atoms with E-state index in [0.717, 1.165) is 102 Å². The lowest BCUT2D eigenvalue weighted by Crippen LogP contribution is -2.30. The Morgan fingerprint density at radius 1 is 0.267 bits per heavy atom. The average Bonchev–Trinajstić information content (AvgIpc) is 0.987. The molecule has 0 aromatic heterocycles. The molecule has 0 aliphatic carbocycles. The Kier molecular flexibility index (Phi) is 72.2. The molecule has 3 N–H and O–H groups in total. The van der Waals surface area contributed by atoms with Gasteiger partial charge in [-0.05, 0) is 37.5 Å². The van der Waals surface area contributed by atoms with Crippen molar-refractivity contribution in [1.29, 1.82) is 0 Å². The van der Waals surface area contributed by atoms with Gasteiger partial charge in [0.25, 0.3) is 0 Å². The van der Waals surface area contributed by atoms with Gasteiger partial charge in [0.15, 0.2) is 12.2 Å². The molecule has 19 heteroatoms. The van der Waals surface area contributed by atoms with Gasteiger partial charge in [0.1, 0.15) is 19.3 Å². The molecular formula is C82H160O17P2. The number of aliphatic hydroxyl groups is 1. The smallest absolute Gasteiger partial charge is 0.462 e. The van der Waals surface area contributed by atoms with Crippen molar-refractivity contribution in [3.05, 3.63) is 0 Å². The fraction of sp³-hybridized carbons (Fsp3) is 0.951. The highest BCUT2D eigenvalue weighted by atomic mass is 31.2. The zero-order valence-corrected chi connectivity index (χ0v) is 68.0. The molecule has 5 atom stereocenters. The molecule has 2 unspecified atom stereocenters. The number of phosphoric ester groups is 2. The number of rotatable bonds is 81. The molecule has 0 amide bonds. The molecule has 0 bridgehead atoms. The first-order valence-electron chi connectivity index (χ1n) is 42.5. The average molecular weight is 1480 g/mol. The molecular weight excluding hydrogens is 1320 g/mol. The van der Waals surface area contributed by atoms with Gasteiger partial charge < -0.3 is 33.8 Å². The number of hydrogen-bond acceptors (Lipinski definition) is 15. The van der Waals surface area contributed by atoms with Gasteiger partial charge in [-0.2, -0.15) is 0 Å². The Morgan fingerprint density at radius 3 is 0.673 bits per heavy atom. The molecule has 0 fully saturated rings. The Labute approximate surface area is 619 Å². The largest absolute Gasteiger partial charge is 0.472 e. The van der Waals surface area contributed by atoms with E-state index in [-0.39, 0.29) is 25.7 Å². The summed E-state index contributed by atoms with van der Waals surface area (Å²) in [6.45, 7) is 9.62. The minimum absolute atomic E-state index is 0.107. The Morgan fingerprint density at radius 2 is 0.455 bits per heavy atom. The van der Waals surface area contributed by atoms with E-state index in [9.17, 15) is 43.2 Å². The molecule has 0 spiro atoms. The topological polar surface area (TPSA) is 237 Å². The van der Waals surface area contributed by atoms with Gasteiger partial charge >= 0.3 is 39.5 Å². The number of carbonyl (C=O) groups is 4. The molecule has 600 valence electrons. The monoisotopic (exact) mass is 1480 g/mol. The van der Waals surface area contributed by atoms with Crippen molar-refractivity contribution in [3.8, 4) is 0 Å². The maximum absolute atomic E-state index is 13.1. The summed E-state index contributed by atoms with van der Waals surface area (Å²) in [5, 5.41) is 10.6. The van der Waals surface area contributed by atoms with E-state index < -0.39 is 97.5 Å². The normalized spacial score (nSPS) is 13.9. The van der Waals surface area contributed by atoms with Crippen LogP contribution in [0.15, 0.2) is 0 Å². The van der Waals surface area contributed by atoms with Crippen LogP contribution in [-0.2, 0) is 65.4 Å². The third-order valence-corrected chi connectivity index (χ3v) is 21.1. The summed E-state index contributed by atoms with van der Waals surface area (Å²) in [6.07, 6.45) is 63.9. The van der Waals surface area contributed by atoms with Crippen molar-refractivity contribution < 1.29 is 80.2 Å². The minimum Gasteiger partial charge on any atom is -0.462 e. The Balaban J connectivity index is 5.22. The Hall–Kier alpha value is -1.94. The number of carbonyl (C=O) groups excluding carboxylic acids is 4. The second-order valence-corrected chi connectivity index (χ2v) is 33.4. The second-order valence-electron chi connectivity index (χ2n) is 30.5. The number of ether oxygens (including phenoxy) is 4. The van der Waals surface area contributed by atoms with E-state index in [2.05, 4.69) is 41.5 Å². The fourth-order valence-electron chi connectivity index (χ4n) is 12.7. The zero-order chi connectivity index (χ0) is 74.2. The van der Waals surface area contributed by atoms with Crippen molar-refractivity contribution >= 4 is 39.5 Å². The van der Waals surface area contributed by atoms with Gasteiger partial charge in [-0.15, -0.1) is 0 Å². The Bertz CT molecular complexity index is 1940. The third kappa shape index (κ3) is 76.1. The fourth-order valence-corrected chi connectivity index (χ4v) is 14.3. The van der Waals surface area contributed by atoms with Crippen molar-refractivity contribution in [2.75, 3.05) is 39.6 Å². The maximum Gasteiger partial charge on any atom is 0.472 e. The van der Waals surface area contributed by atoms with Crippen LogP contribution in [0, 0.1) is 11.8 Å². The predicted molar refractivity (Wildman–Crippen MR) is 414 cm³/mol. The van der Waals surface area contributed by atoms with Crippen LogP contribution in [0.5, 0.6) is 0 Å². The van der Waals surface area contributed by atoms with E-state index in [1.807, 2.05) is 0 Å². The lowest BCUT2D eigenvalue weighted by molar-refractivity contribution is -0.161. The number of esters is 4. The van der Waals surface area contributed by atoms with Gasteiger partial charge in [0.05, 0.1) is 26.4 Å². The van der Waals surface area contributed by atoms with Crippen molar-refractivity contribution in [1.82, 2.24) is 0 Å². The highest BCUT2D eigenvalue weighted by Crippen LogP contribution is 2.45. The van der Waals surface area contributed by atoms with E-state index >= 15 is 0 Å². The highest BCUT2D eigenvalue weighted by molar-refractivity contribution is 7.47. The molecule has 0 saturated carbocycles. The van der Waals surface area contributed by atoms with Crippen LogP contribution in [0.25, 0.3) is 0 Å². The molecule has 0 saturated heterocycles. The number of aliphatic hydroxyl groups excluding tert-OH is 1. The number of unbranched alkanes of at least 4 members (excludes halogenated alkanes) is 51. The quantitative estimate of drug-likeness (QED) is 0.0222. The molecule has 0 radical (unpaired) electrons. The van der Waals surface area contributed by atoms with E-state index in [0.29, 0.717) is 31.6 Å². The first kappa shape index (κ1) is 99.1. The standard InChI is InChI=1S/C82H160O17P2/c1-7-9-11-13-15-17-19-21-22-23-24-25-29-33-36-40-46-52-58-64-79(84)92-70-77(98-82(87)67-61-55-48-42-38-34-30-27-26-28-32-35-39-44-50-56-62-74(3)4)72-96-100(88,89)94-68-76(83)69-95-101(90,91)97-73-78(71-93-80(85)65-59-53-49-43-45-51-57-63-75(5)6)99-81(86)66-60-54-47-41-37-31-20-18-16-14-12-10-8-2/h74-78,83H,7-73H2,1-6H3,(H,88,89)(H,90,91)/t76-,77-,78-/m1/s1. The third-order valence-electron chi connectivity index (χ3n) is 19.2. The van der Waals surface area contributed by atoms with Gasteiger partial charge in [-0.3, -0.25) is 37.3 Å². The minimum atomic E-state index is -4.96.